The molecule has 6 nitrogen and oxygen atoms in total. The number of hydrogen-bond donors (Lipinski definition) is 2. The maximum Gasteiger partial charge on any atom is 0.235 e. The highest BCUT2D eigenvalue weighted by Crippen LogP contribution is 1.76. The summed E-state index contributed by atoms with van der Waals surface area (Å²) in [5.41, 5.74) is 5.88. The van der Waals surface area contributed by atoms with Crippen molar-refractivity contribution in [1.29, 1.82) is 0 Å². The zero-order valence-corrected chi connectivity index (χ0v) is 10.5. The first-order valence-corrected chi connectivity index (χ1v) is 5.42. The lowest BCUT2D eigenvalue weighted by atomic mass is 10.2. The molecule has 0 unspecified atom stereocenters. The van der Waals surface area contributed by atoms with Crippen LogP contribution in [0.4, 0.5) is 0 Å². The quantitative estimate of drug-likeness (QED) is 0.608. The predicted molar refractivity (Wildman–Crippen MR) is 65.2 cm³/mol. The van der Waals surface area contributed by atoms with Gasteiger partial charge in [0.15, 0.2) is 5.36 Å². The standard InChI is InChI=1S/C11H17N5O/c1-5-14-9-7(2)6-8(15-12-3)11(17)10(9)16-13-4/h6,12-13H,5H2,1-4H3. The van der Waals surface area contributed by atoms with Gasteiger partial charge in [0.05, 0.1) is 5.36 Å². The molecule has 0 aliphatic carbocycles. The summed E-state index contributed by atoms with van der Waals surface area (Å²) in [6.45, 7) is 4.41. The monoisotopic (exact) mass is 235 g/mol. The van der Waals surface area contributed by atoms with Gasteiger partial charge in [0.2, 0.25) is 5.43 Å². The van der Waals surface area contributed by atoms with Crippen LogP contribution in [0.1, 0.15) is 12.5 Å². The minimum absolute atomic E-state index is 0.230. The van der Waals surface area contributed by atoms with E-state index < -0.39 is 0 Å². The molecule has 0 fully saturated rings. The van der Waals surface area contributed by atoms with Gasteiger partial charge in [-0.25, -0.2) is 0 Å². The van der Waals surface area contributed by atoms with Crippen molar-refractivity contribution < 1.29 is 0 Å². The van der Waals surface area contributed by atoms with Crippen molar-refractivity contribution in [2.45, 2.75) is 13.8 Å². The van der Waals surface area contributed by atoms with Crippen LogP contribution in [0.2, 0.25) is 0 Å². The number of rotatable bonds is 3. The van der Waals surface area contributed by atoms with Gasteiger partial charge in [-0.15, -0.1) is 0 Å². The van der Waals surface area contributed by atoms with Gasteiger partial charge in [0.25, 0.3) is 0 Å². The molecule has 17 heavy (non-hydrogen) atoms. The highest BCUT2D eigenvalue weighted by Gasteiger charge is 2.02. The maximum atomic E-state index is 12.1. The topological polar surface area (TPSA) is 78.2 Å². The number of hydrogen-bond acceptors (Lipinski definition) is 6. The van der Waals surface area contributed by atoms with Gasteiger partial charge in [0, 0.05) is 20.6 Å². The summed E-state index contributed by atoms with van der Waals surface area (Å²) in [6, 6.07) is 1.71. The van der Waals surface area contributed by atoms with Gasteiger partial charge < -0.3 is 10.9 Å². The van der Waals surface area contributed by atoms with Crippen molar-refractivity contribution in [3.8, 4) is 0 Å². The number of nitrogens with zero attached hydrogens (tertiary/aromatic N) is 3. The molecular weight excluding hydrogens is 218 g/mol. The van der Waals surface area contributed by atoms with E-state index in [4.69, 9.17) is 0 Å². The van der Waals surface area contributed by atoms with E-state index in [-0.39, 0.29) is 5.43 Å². The molecule has 0 amide bonds. The predicted octanol–water partition coefficient (Wildman–Crippen LogP) is -1.78. The van der Waals surface area contributed by atoms with Crippen molar-refractivity contribution in [3.63, 3.8) is 0 Å². The molecule has 0 saturated carbocycles. The molecule has 0 aromatic heterocycles. The molecule has 0 saturated heterocycles. The van der Waals surface area contributed by atoms with Crippen LogP contribution in [0.15, 0.2) is 26.1 Å². The zero-order chi connectivity index (χ0) is 12.8. The van der Waals surface area contributed by atoms with E-state index in [0.29, 0.717) is 22.6 Å². The number of aryl methyl sites for hydroxylation is 1. The van der Waals surface area contributed by atoms with E-state index in [1.165, 1.54) is 0 Å². The molecule has 0 heterocycles. The van der Waals surface area contributed by atoms with Gasteiger partial charge in [-0.2, -0.15) is 10.2 Å². The summed E-state index contributed by atoms with van der Waals surface area (Å²) in [5, 5.41) is 9.18. The second-order valence-corrected chi connectivity index (χ2v) is 3.38. The fourth-order valence-electron chi connectivity index (χ4n) is 1.53. The minimum atomic E-state index is -0.230. The van der Waals surface area contributed by atoms with Crippen LogP contribution in [0.5, 0.6) is 0 Å². The second kappa shape index (κ2) is 5.93. The van der Waals surface area contributed by atoms with Crippen LogP contribution < -0.4 is 32.4 Å². The Morgan fingerprint density at radius 1 is 1.18 bits per heavy atom. The van der Waals surface area contributed by atoms with E-state index in [9.17, 15) is 4.79 Å². The summed E-state index contributed by atoms with van der Waals surface area (Å²) in [6.07, 6.45) is 0. The summed E-state index contributed by atoms with van der Waals surface area (Å²) in [5.74, 6) is 0. The van der Waals surface area contributed by atoms with Gasteiger partial charge in [0.1, 0.15) is 5.36 Å². The average Bonchev–Trinajstić information content (AvgIpc) is 2.30. The lowest BCUT2D eigenvalue weighted by Crippen LogP contribution is -2.50. The van der Waals surface area contributed by atoms with Crippen molar-refractivity contribution in [2.75, 3.05) is 20.6 Å². The van der Waals surface area contributed by atoms with E-state index in [1.807, 2.05) is 13.8 Å². The average molecular weight is 235 g/mol. The highest BCUT2D eigenvalue weighted by molar-refractivity contribution is 5.12. The third-order valence-corrected chi connectivity index (χ3v) is 2.17. The van der Waals surface area contributed by atoms with Crippen LogP contribution in [0.25, 0.3) is 0 Å². The van der Waals surface area contributed by atoms with Gasteiger partial charge in [-0.3, -0.25) is 9.79 Å². The normalized spacial score (nSPS) is 14.2. The molecule has 0 aliphatic rings. The largest absolute Gasteiger partial charge is 0.312 e. The summed E-state index contributed by atoms with van der Waals surface area (Å²) < 4.78 is 0. The molecule has 0 atom stereocenters. The molecule has 6 heteroatoms. The van der Waals surface area contributed by atoms with E-state index >= 15 is 0 Å². The maximum absolute atomic E-state index is 12.1. The first-order valence-electron chi connectivity index (χ1n) is 5.42. The van der Waals surface area contributed by atoms with Crippen molar-refractivity contribution in [3.05, 3.63) is 37.9 Å². The lowest BCUT2D eigenvalue weighted by molar-refractivity contribution is 0.819. The fraction of sp³-hybridized carbons (Fsp3) is 0.455. The molecule has 1 aromatic carbocycles. The van der Waals surface area contributed by atoms with E-state index in [0.717, 1.165) is 5.56 Å². The van der Waals surface area contributed by atoms with E-state index in [1.54, 1.807) is 20.2 Å². The Morgan fingerprint density at radius 3 is 2.35 bits per heavy atom. The Bertz CT molecular complexity index is 608. The molecule has 92 valence electrons. The Morgan fingerprint density at radius 2 is 1.82 bits per heavy atom. The molecule has 1 rings (SSSR count). The van der Waals surface area contributed by atoms with Gasteiger partial charge >= 0.3 is 0 Å². The smallest absolute Gasteiger partial charge is 0.235 e. The Balaban J connectivity index is 3.87. The second-order valence-electron chi connectivity index (χ2n) is 3.38. The van der Waals surface area contributed by atoms with E-state index in [2.05, 4.69) is 26.0 Å². The van der Waals surface area contributed by atoms with Gasteiger partial charge in [-0.05, 0) is 25.5 Å². The van der Waals surface area contributed by atoms with Crippen molar-refractivity contribution >= 4 is 0 Å². The molecule has 1 aromatic rings. The summed E-state index contributed by atoms with van der Waals surface area (Å²) in [7, 11) is 3.29. The third-order valence-electron chi connectivity index (χ3n) is 2.17. The lowest BCUT2D eigenvalue weighted by Gasteiger charge is -1.96. The molecule has 0 radical (unpaired) electrons. The first-order chi connectivity index (χ1) is 8.15. The molecule has 0 spiro atoms. The minimum Gasteiger partial charge on any atom is -0.312 e. The van der Waals surface area contributed by atoms with Crippen LogP contribution in [-0.2, 0) is 0 Å². The number of nitrogens with one attached hydrogen (secondary N) is 2. The fourth-order valence-corrected chi connectivity index (χ4v) is 1.53. The third kappa shape index (κ3) is 2.77. The molecule has 2 N–H and O–H groups in total. The van der Waals surface area contributed by atoms with Crippen LogP contribution in [0.3, 0.4) is 0 Å². The Hall–Kier alpha value is -1.98. The van der Waals surface area contributed by atoms with Crippen molar-refractivity contribution in [1.82, 2.24) is 10.9 Å². The van der Waals surface area contributed by atoms with Crippen LogP contribution in [0, 0.1) is 6.92 Å². The van der Waals surface area contributed by atoms with Gasteiger partial charge in [-0.1, -0.05) is 0 Å². The SMILES string of the molecule is CCN=c1c(C)cc(=NNC)c(=O)c1=NNC. The van der Waals surface area contributed by atoms with Crippen molar-refractivity contribution in [2.24, 2.45) is 15.2 Å². The zero-order valence-electron chi connectivity index (χ0n) is 10.5. The number of benzene rings is 1. The summed E-state index contributed by atoms with van der Waals surface area (Å²) >= 11 is 0. The Kier molecular flexibility index (Phi) is 4.56. The molecule has 0 bridgehead atoms. The van der Waals surface area contributed by atoms with Crippen LogP contribution in [-0.4, -0.2) is 20.6 Å². The highest BCUT2D eigenvalue weighted by atomic mass is 16.1. The molecule has 0 aliphatic heterocycles. The first kappa shape index (κ1) is 13.1. The van der Waals surface area contributed by atoms with Crippen LogP contribution >= 0.6 is 0 Å². The molecular formula is C11H17N5O. The Labute approximate surface area is 99.1 Å². The summed E-state index contributed by atoms with van der Waals surface area (Å²) in [4.78, 5) is 16.4.